The minimum absolute atomic E-state index is 0.00260. The summed E-state index contributed by atoms with van der Waals surface area (Å²) in [6.07, 6.45) is 1.71. The van der Waals surface area contributed by atoms with E-state index < -0.39 is 15.8 Å². The zero-order valence-corrected chi connectivity index (χ0v) is 39.0. The molecule has 15 nitrogen and oxygen atoms in total. The van der Waals surface area contributed by atoms with Crippen LogP contribution in [0.1, 0.15) is 35.0 Å². The summed E-state index contributed by atoms with van der Waals surface area (Å²) in [5, 5.41) is 38.4. The second kappa shape index (κ2) is 21.3. The van der Waals surface area contributed by atoms with Gasteiger partial charge in [-0.25, -0.2) is 12.8 Å². The average molecular weight is 988 g/mol. The lowest BCUT2D eigenvalue weighted by Gasteiger charge is -2.09. The molecule has 0 saturated carbocycles. The van der Waals surface area contributed by atoms with Crippen molar-refractivity contribution in [1.29, 1.82) is 0 Å². The zero-order valence-electron chi connectivity index (χ0n) is 35.8. The number of carbonyl (C=O) groups excluding carboxylic acids is 3. The lowest BCUT2D eigenvalue weighted by molar-refractivity contribution is -0.116. The minimum atomic E-state index is -3.97. The number of aromatic amines is 3. The molecule has 0 bridgehead atoms. The van der Waals surface area contributed by atoms with E-state index in [1.807, 2.05) is 36.6 Å². The van der Waals surface area contributed by atoms with Gasteiger partial charge in [0, 0.05) is 43.7 Å². The highest BCUT2D eigenvalue weighted by Crippen LogP contribution is 2.30. The molecule has 5 aromatic carbocycles. The number of thiophene rings is 2. The normalized spacial score (nSPS) is 11.0. The second-order valence-electron chi connectivity index (χ2n) is 14.9. The quantitative estimate of drug-likeness (QED) is 0.0623. The first-order valence-electron chi connectivity index (χ1n) is 20.8. The van der Waals surface area contributed by atoms with Gasteiger partial charge in [-0.3, -0.25) is 34.4 Å². The number of fused-ring (bicyclic) bond motifs is 3. The van der Waals surface area contributed by atoms with Crippen LogP contribution in [0.3, 0.4) is 0 Å². The summed E-state index contributed by atoms with van der Waals surface area (Å²) in [4.78, 5) is 36.8. The number of nitrogens with one attached hydrogen (secondary N) is 7. The van der Waals surface area contributed by atoms with E-state index >= 15 is 0 Å². The van der Waals surface area contributed by atoms with Gasteiger partial charge in [-0.2, -0.15) is 26.6 Å². The summed E-state index contributed by atoms with van der Waals surface area (Å²) in [5.41, 5.74) is 5.41. The number of aromatic nitrogens is 6. The van der Waals surface area contributed by atoms with Crippen LogP contribution in [-0.4, -0.2) is 56.7 Å². The van der Waals surface area contributed by atoms with Crippen molar-refractivity contribution in [1.82, 2.24) is 30.6 Å². The molecule has 10 aromatic rings. The maximum atomic E-state index is 13.4. The number of hydrogen-bond acceptors (Lipinski definition) is 10. The van der Waals surface area contributed by atoms with Crippen molar-refractivity contribution < 1.29 is 27.2 Å². The molecule has 344 valence electrons. The molecule has 7 N–H and O–H groups in total. The topological polar surface area (TPSA) is 220 Å². The maximum Gasteiger partial charge on any atom is 0.261 e. The fourth-order valence-corrected chi connectivity index (χ4v) is 9.39. The van der Waals surface area contributed by atoms with Crippen molar-refractivity contribution >= 4 is 118 Å². The first-order valence-corrected chi connectivity index (χ1v) is 24.5. The largest absolute Gasteiger partial charge is 0.309 e. The molecule has 0 atom stereocenters. The third-order valence-electron chi connectivity index (χ3n) is 10.0. The van der Waals surface area contributed by atoms with Crippen LogP contribution >= 0.6 is 34.3 Å². The molecule has 68 heavy (non-hydrogen) atoms. The molecule has 0 aliphatic heterocycles. The zero-order chi connectivity index (χ0) is 47.6. The van der Waals surface area contributed by atoms with Gasteiger partial charge < -0.3 is 16.0 Å². The summed E-state index contributed by atoms with van der Waals surface area (Å²) in [6, 6.07) is 35.5. The van der Waals surface area contributed by atoms with E-state index in [4.69, 9.17) is 11.6 Å². The van der Waals surface area contributed by atoms with E-state index in [-0.39, 0.29) is 34.1 Å². The summed E-state index contributed by atoms with van der Waals surface area (Å²) >= 11 is 9.13. The van der Waals surface area contributed by atoms with Crippen LogP contribution in [-0.2, 0) is 26.0 Å². The van der Waals surface area contributed by atoms with Gasteiger partial charge in [-0.15, -0.1) is 11.3 Å². The highest BCUT2D eigenvalue weighted by Gasteiger charge is 2.18. The number of benzene rings is 5. The van der Waals surface area contributed by atoms with Gasteiger partial charge in [0.1, 0.15) is 5.82 Å². The van der Waals surface area contributed by atoms with Crippen molar-refractivity contribution in [2.75, 3.05) is 20.7 Å². The molecule has 0 radical (unpaired) electrons. The standard InChI is InChI=1S/C20H15FN4O3S.C15H15N3OS.C13H10ClN3OS/c21-14-7-4-8-16(11-14)29(27,28)25-15-9-10-18-17(12-15)19(24-23-18)22-20(26)13-5-2-1-3-6-13;1-2-3-14(19)16-15-12-5-4-10(8-13(12)17-18-15)11-6-7-20-9-11;14-8-3-4-10-11(6-8)16-17-13(10)15-12(18)7-9-2-1-5-19-9/h1-12,25H,(H2,22,23,24,26);4-9H,2-3H2,1H3,(H2,16,17,18,19);1-6H,7H2,(H2,15,16,17,18). The van der Waals surface area contributed by atoms with Crippen LogP contribution in [0.4, 0.5) is 27.5 Å². The Bertz CT molecular complexity index is 3470. The molecule has 0 saturated heterocycles. The van der Waals surface area contributed by atoms with Crippen LogP contribution in [0.15, 0.2) is 148 Å². The fourth-order valence-electron chi connectivity index (χ4n) is 6.77. The molecule has 0 aliphatic rings. The van der Waals surface area contributed by atoms with E-state index in [1.54, 1.807) is 77.3 Å². The number of H-pyrrole nitrogens is 3. The minimum Gasteiger partial charge on any atom is -0.309 e. The number of rotatable bonds is 12. The van der Waals surface area contributed by atoms with Crippen molar-refractivity contribution in [3.63, 3.8) is 0 Å². The Morgan fingerprint density at radius 2 is 1.37 bits per heavy atom. The van der Waals surface area contributed by atoms with Gasteiger partial charge >= 0.3 is 0 Å². The van der Waals surface area contributed by atoms with E-state index in [2.05, 4.69) is 80.2 Å². The smallest absolute Gasteiger partial charge is 0.261 e. The first-order chi connectivity index (χ1) is 32.9. The van der Waals surface area contributed by atoms with Gasteiger partial charge in [0.05, 0.1) is 27.9 Å². The number of amides is 3. The monoisotopic (exact) mass is 986 g/mol. The van der Waals surface area contributed by atoms with Crippen molar-refractivity contribution in [2.45, 2.75) is 31.1 Å². The lowest BCUT2D eigenvalue weighted by Crippen LogP contribution is -2.14. The molecule has 10 rings (SSSR count). The predicted molar refractivity (Wildman–Crippen MR) is 268 cm³/mol. The Balaban J connectivity index is 0.000000142. The van der Waals surface area contributed by atoms with Gasteiger partial charge in [0.2, 0.25) is 11.8 Å². The Morgan fingerprint density at radius 1 is 0.662 bits per heavy atom. The third-order valence-corrected chi connectivity index (χ3v) is 13.2. The Kier molecular flexibility index (Phi) is 14.6. The summed E-state index contributed by atoms with van der Waals surface area (Å²) < 4.78 is 40.8. The summed E-state index contributed by atoms with van der Waals surface area (Å²) in [6.45, 7) is 1.98. The van der Waals surface area contributed by atoms with E-state index in [1.165, 1.54) is 23.8 Å². The number of halogens is 2. The first kappa shape index (κ1) is 46.8. The molecule has 0 fully saturated rings. The average Bonchev–Trinajstić information content (AvgIpc) is 4.21. The molecule has 0 unspecified atom stereocenters. The van der Waals surface area contributed by atoms with Crippen molar-refractivity contribution in [3.05, 3.63) is 165 Å². The Labute approximate surface area is 401 Å². The van der Waals surface area contributed by atoms with Gasteiger partial charge in [-0.1, -0.05) is 54.9 Å². The molecular formula is C48H40ClFN10O5S3. The SMILES string of the molecule is CCCC(=O)Nc1n[nH]c2cc(-c3ccsc3)ccc12.O=C(Cc1cccs1)Nc1n[nH]c2cc(Cl)ccc12.O=C(Nc1n[nH]c2ccc(NS(=O)(=O)c3cccc(F)c3)cc12)c1ccccc1. The van der Waals surface area contributed by atoms with Crippen LogP contribution in [0.5, 0.6) is 0 Å². The summed E-state index contributed by atoms with van der Waals surface area (Å²) in [7, 11) is -3.97. The molecule has 0 spiro atoms. The predicted octanol–water partition coefficient (Wildman–Crippen LogP) is 11.2. The molecular weight excluding hydrogens is 947 g/mol. The summed E-state index contributed by atoms with van der Waals surface area (Å²) in [5.74, 6) is 0.339. The molecule has 5 heterocycles. The van der Waals surface area contributed by atoms with Crippen LogP contribution in [0, 0.1) is 5.82 Å². The number of nitrogens with zero attached hydrogens (tertiary/aromatic N) is 3. The fraction of sp³-hybridized carbons (Fsp3) is 0.0833. The van der Waals surface area contributed by atoms with Crippen LogP contribution in [0.25, 0.3) is 43.8 Å². The number of hydrogen-bond donors (Lipinski definition) is 7. The third kappa shape index (κ3) is 11.6. The van der Waals surface area contributed by atoms with Crippen LogP contribution in [0.2, 0.25) is 5.02 Å². The highest BCUT2D eigenvalue weighted by molar-refractivity contribution is 7.92. The Morgan fingerprint density at radius 3 is 2.06 bits per heavy atom. The molecule has 20 heteroatoms. The van der Waals surface area contributed by atoms with E-state index in [9.17, 15) is 27.2 Å². The second-order valence-corrected chi connectivity index (χ2v) is 18.9. The molecule has 0 aliphatic carbocycles. The Hall–Kier alpha value is -7.71. The van der Waals surface area contributed by atoms with Crippen molar-refractivity contribution in [3.8, 4) is 11.1 Å². The molecule has 3 amide bonds. The van der Waals surface area contributed by atoms with Crippen molar-refractivity contribution in [2.24, 2.45) is 0 Å². The number of sulfonamides is 1. The van der Waals surface area contributed by atoms with E-state index in [0.717, 1.165) is 50.8 Å². The maximum absolute atomic E-state index is 13.4. The lowest BCUT2D eigenvalue weighted by atomic mass is 10.1. The highest BCUT2D eigenvalue weighted by atomic mass is 35.5. The number of carbonyl (C=O) groups is 3. The van der Waals surface area contributed by atoms with E-state index in [0.29, 0.717) is 46.0 Å². The van der Waals surface area contributed by atoms with Gasteiger partial charge in [-0.05, 0) is 125 Å². The number of anilines is 4. The van der Waals surface area contributed by atoms with Crippen LogP contribution < -0.4 is 20.7 Å². The van der Waals surface area contributed by atoms with Gasteiger partial charge in [0.15, 0.2) is 17.5 Å². The van der Waals surface area contributed by atoms with Gasteiger partial charge in [0.25, 0.3) is 15.9 Å². The molecule has 5 aromatic heterocycles.